The van der Waals surface area contributed by atoms with Crippen molar-refractivity contribution in [2.75, 3.05) is 39.5 Å². The zero-order valence-corrected chi connectivity index (χ0v) is 11.0. The standard InChI is InChI=1S/C13H21NO2S/c1-2-13(17-9-1)3-5-14-6-8-16-11-12-4-7-15-10-12/h1-2,9,12,14H,3-8,10-11H2. The Morgan fingerprint density at radius 2 is 2.47 bits per heavy atom. The molecule has 1 atom stereocenters. The van der Waals surface area contributed by atoms with Crippen LogP contribution in [0.3, 0.4) is 0 Å². The molecule has 0 bridgehead atoms. The zero-order chi connectivity index (χ0) is 11.8. The van der Waals surface area contributed by atoms with Gasteiger partial charge in [0.05, 0.1) is 19.8 Å². The number of hydrogen-bond donors (Lipinski definition) is 1. The molecule has 2 rings (SSSR count). The summed E-state index contributed by atoms with van der Waals surface area (Å²) < 4.78 is 10.9. The van der Waals surface area contributed by atoms with Crippen LogP contribution in [0.15, 0.2) is 17.5 Å². The van der Waals surface area contributed by atoms with E-state index in [1.54, 1.807) is 0 Å². The average molecular weight is 255 g/mol. The molecule has 3 nitrogen and oxygen atoms in total. The molecule has 0 aromatic carbocycles. The number of nitrogens with one attached hydrogen (secondary N) is 1. The van der Waals surface area contributed by atoms with Crippen LogP contribution < -0.4 is 5.32 Å². The molecule has 4 heteroatoms. The van der Waals surface area contributed by atoms with Gasteiger partial charge in [0.25, 0.3) is 0 Å². The van der Waals surface area contributed by atoms with Gasteiger partial charge in [0.2, 0.25) is 0 Å². The summed E-state index contributed by atoms with van der Waals surface area (Å²) in [5, 5.41) is 5.53. The Morgan fingerprint density at radius 1 is 1.47 bits per heavy atom. The number of hydrogen-bond acceptors (Lipinski definition) is 4. The van der Waals surface area contributed by atoms with Crippen LogP contribution in [0, 0.1) is 5.92 Å². The molecular weight excluding hydrogens is 234 g/mol. The van der Waals surface area contributed by atoms with Crippen LogP contribution in [-0.4, -0.2) is 39.5 Å². The van der Waals surface area contributed by atoms with Crippen molar-refractivity contribution in [3.63, 3.8) is 0 Å². The van der Waals surface area contributed by atoms with Gasteiger partial charge in [-0.15, -0.1) is 11.3 Å². The van der Waals surface area contributed by atoms with Crippen LogP contribution in [0.1, 0.15) is 11.3 Å². The van der Waals surface area contributed by atoms with E-state index in [0.717, 1.165) is 52.4 Å². The summed E-state index contributed by atoms with van der Waals surface area (Å²) in [5.74, 6) is 0.626. The lowest BCUT2D eigenvalue weighted by atomic mass is 10.1. The molecule has 1 unspecified atom stereocenters. The van der Waals surface area contributed by atoms with Crippen molar-refractivity contribution in [2.24, 2.45) is 5.92 Å². The molecule has 1 aliphatic rings. The highest BCUT2D eigenvalue weighted by atomic mass is 32.1. The van der Waals surface area contributed by atoms with Gasteiger partial charge >= 0.3 is 0 Å². The largest absolute Gasteiger partial charge is 0.381 e. The molecule has 0 saturated carbocycles. The minimum Gasteiger partial charge on any atom is -0.381 e. The predicted molar refractivity (Wildman–Crippen MR) is 70.6 cm³/mol. The minimum atomic E-state index is 0.626. The third-order valence-electron chi connectivity index (χ3n) is 2.93. The normalized spacial score (nSPS) is 19.9. The van der Waals surface area contributed by atoms with Gasteiger partial charge in [-0.25, -0.2) is 0 Å². The minimum absolute atomic E-state index is 0.626. The molecule has 0 aliphatic carbocycles. The summed E-state index contributed by atoms with van der Waals surface area (Å²) in [5.41, 5.74) is 0. The van der Waals surface area contributed by atoms with Crippen molar-refractivity contribution < 1.29 is 9.47 Å². The Kier molecular flexibility index (Phi) is 5.99. The molecule has 1 N–H and O–H groups in total. The first-order chi connectivity index (χ1) is 8.45. The Labute approximate surface area is 107 Å². The topological polar surface area (TPSA) is 30.5 Å². The van der Waals surface area contributed by atoms with E-state index in [1.165, 1.54) is 4.88 Å². The molecule has 17 heavy (non-hydrogen) atoms. The Morgan fingerprint density at radius 3 is 3.24 bits per heavy atom. The molecule has 0 amide bonds. The van der Waals surface area contributed by atoms with Crippen LogP contribution in [0.2, 0.25) is 0 Å². The highest BCUT2D eigenvalue weighted by Gasteiger charge is 2.14. The number of rotatable bonds is 8. The van der Waals surface area contributed by atoms with Gasteiger partial charge in [-0.05, 0) is 24.3 Å². The third-order valence-corrected chi connectivity index (χ3v) is 3.87. The Balaban J connectivity index is 1.39. The summed E-state index contributed by atoms with van der Waals surface area (Å²) >= 11 is 1.82. The zero-order valence-electron chi connectivity index (χ0n) is 10.2. The van der Waals surface area contributed by atoms with Gasteiger partial charge in [0, 0.05) is 30.5 Å². The first-order valence-electron chi connectivity index (χ1n) is 6.34. The number of ether oxygens (including phenoxy) is 2. The van der Waals surface area contributed by atoms with Gasteiger partial charge in [-0.1, -0.05) is 6.07 Å². The molecule has 0 radical (unpaired) electrons. The highest BCUT2D eigenvalue weighted by molar-refractivity contribution is 7.09. The first-order valence-corrected chi connectivity index (χ1v) is 7.21. The second-order valence-electron chi connectivity index (χ2n) is 4.38. The summed E-state index contributed by atoms with van der Waals surface area (Å²) in [7, 11) is 0. The van der Waals surface area contributed by atoms with Crippen LogP contribution >= 0.6 is 11.3 Å². The maximum Gasteiger partial charge on any atom is 0.0591 e. The van der Waals surface area contributed by atoms with Crippen molar-refractivity contribution in [2.45, 2.75) is 12.8 Å². The molecule has 1 saturated heterocycles. The second-order valence-corrected chi connectivity index (χ2v) is 5.42. The van der Waals surface area contributed by atoms with Gasteiger partial charge in [-0.2, -0.15) is 0 Å². The highest BCUT2D eigenvalue weighted by Crippen LogP contribution is 2.11. The van der Waals surface area contributed by atoms with Crippen LogP contribution in [0.5, 0.6) is 0 Å². The van der Waals surface area contributed by atoms with E-state index in [4.69, 9.17) is 9.47 Å². The third kappa shape index (κ3) is 5.17. The van der Waals surface area contributed by atoms with Crippen molar-refractivity contribution in [1.82, 2.24) is 5.32 Å². The summed E-state index contributed by atoms with van der Waals surface area (Å²) in [6.45, 7) is 5.43. The lowest BCUT2D eigenvalue weighted by molar-refractivity contribution is 0.0915. The van der Waals surface area contributed by atoms with Gasteiger partial charge < -0.3 is 14.8 Å². The molecule has 96 valence electrons. The fraction of sp³-hybridized carbons (Fsp3) is 0.692. The van der Waals surface area contributed by atoms with E-state index in [0.29, 0.717) is 5.92 Å². The van der Waals surface area contributed by atoms with E-state index < -0.39 is 0 Å². The molecule has 1 fully saturated rings. The SMILES string of the molecule is c1csc(CCNCCOCC2CCOC2)c1. The summed E-state index contributed by atoms with van der Waals surface area (Å²) in [4.78, 5) is 1.45. The van der Waals surface area contributed by atoms with E-state index in [9.17, 15) is 0 Å². The Bertz CT molecular complexity index is 284. The quantitative estimate of drug-likeness (QED) is 0.720. The van der Waals surface area contributed by atoms with Gasteiger partial charge in [0.15, 0.2) is 0 Å². The molecular formula is C13H21NO2S. The number of thiophene rings is 1. The first kappa shape index (κ1) is 13.0. The van der Waals surface area contributed by atoms with Crippen molar-refractivity contribution in [3.05, 3.63) is 22.4 Å². The van der Waals surface area contributed by atoms with Crippen molar-refractivity contribution in [1.29, 1.82) is 0 Å². The lowest BCUT2D eigenvalue weighted by Gasteiger charge is -2.09. The summed E-state index contributed by atoms with van der Waals surface area (Å²) in [6, 6.07) is 4.29. The van der Waals surface area contributed by atoms with E-state index in [2.05, 4.69) is 22.8 Å². The van der Waals surface area contributed by atoms with Crippen LogP contribution in [-0.2, 0) is 15.9 Å². The van der Waals surface area contributed by atoms with Gasteiger partial charge in [0.1, 0.15) is 0 Å². The smallest absolute Gasteiger partial charge is 0.0591 e. The average Bonchev–Trinajstić information content (AvgIpc) is 3.00. The lowest BCUT2D eigenvalue weighted by Crippen LogP contribution is -2.23. The van der Waals surface area contributed by atoms with Crippen LogP contribution in [0.25, 0.3) is 0 Å². The molecule has 1 aromatic heterocycles. The summed E-state index contributed by atoms with van der Waals surface area (Å²) in [6.07, 6.45) is 2.28. The molecule has 1 aromatic rings. The second kappa shape index (κ2) is 7.82. The predicted octanol–water partition coefficient (Wildman–Crippen LogP) is 1.93. The molecule has 2 heterocycles. The monoisotopic (exact) mass is 255 g/mol. The van der Waals surface area contributed by atoms with Gasteiger partial charge in [-0.3, -0.25) is 0 Å². The maximum atomic E-state index is 5.61. The van der Waals surface area contributed by atoms with E-state index >= 15 is 0 Å². The van der Waals surface area contributed by atoms with E-state index in [-0.39, 0.29) is 0 Å². The maximum absolute atomic E-state index is 5.61. The van der Waals surface area contributed by atoms with Crippen molar-refractivity contribution in [3.8, 4) is 0 Å². The van der Waals surface area contributed by atoms with Crippen LogP contribution in [0.4, 0.5) is 0 Å². The van der Waals surface area contributed by atoms with Crippen molar-refractivity contribution >= 4 is 11.3 Å². The van der Waals surface area contributed by atoms with E-state index in [1.807, 2.05) is 11.3 Å². The fourth-order valence-electron chi connectivity index (χ4n) is 1.90. The molecule has 0 spiro atoms. The Hall–Kier alpha value is -0.420. The molecule has 1 aliphatic heterocycles. The fourth-order valence-corrected chi connectivity index (χ4v) is 2.61.